The predicted molar refractivity (Wildman–Crippen MR) is 84.0 cm³/mol. The molecule has 1 aromatic carbocycles. The largest absolute Gasteiger partial charge is 0.496 e. The lowest BCUT2D eigenvalue weighted by Gasteiger charge is -2.21. The fourth-order valence-corrected chi connectivity index (χ4v) is 2.34. The molecular weight excluding hydrogens is 288 g/mol. The van der Waals surface area contributed by atoms with Gasteiger partial charge in [-0.15, -0.1) is 0 Å². The minimum atomic E-state index is -0.0222. The van der Waals surface area contributed by atoms with Gasteiger partial charge in [0.1, 0.15) is 5.75 Å². The average Bonchev–Trinajstić information content (AvgIpc) is 2.48. The minimum Gasteiger partial charge on any atom is -0.496 e. The van der Waals surface area contributed by atoms with Crippen molar-refractivity contribution in [2.75, 3.05) is 18.6 Å². The molecule has 0 spiro atoms. The highest BCUT2D eigenvalue weighted by atomic mass is 35.5. The molecule has 5 heteroatoms. The number of carbonyl (C=O) groups excluding carboxylic acids is 1. The normalized spacial score (nSPS) is 10.2. The molecule has 0 saturated heterocycles. The van der Waals surface area contributed by atoms with Crippen molar-refractivity contribution in [3.63, 3.8) is 0 Å². The highest BCUT2D eigenvalue weighted by molar-refractivity contribution is 6.30. The Kier molecular flexibility index (Phi) is 5.17. The topological polar surface area (TPSA) is 42.4 Å². The summed E-state index contributed by atoms with van der Waals surface area (Å²) in [5.74, 6) is 0.645. The number of aromatic nitrogens is 1. The third-order valence-electron chi connectivity index (χ3n) is 3.16. The fourth-order valence-electron chi connectivity index (χ4n) is 2.15. The molecule has 1 aromatic heterocycles. The third kappa shape index (κ3) is 3.73. The number of hydrogen-bond acceptors (Lipinski definition) is 3. The van der Waals surface area contributed by atoms with Crippen LogP contribution in [0.3, 0.4) is 0 Å². The van der Waals surface area contributed by atoms with Crippen LogP contribution in [0.1, 0.15) is 12.5 Å². The van der Waals surface area contributed by atoms with Crippen LogP contribution in [0.5, 0.6) is 5.75 Å². The number of anilines is 1. The number of carbonyl (C=O) groups is 1. The molecule has 0 aliphatic heterocycles. The molecule has 2 aromatic rings. The van der Waals surface area contributed by atoms with Crippen molar-refractivity contribution in [1.82, 2.24) is 4.98 Å². The number of amides is 1. The number of halogens is 1. The summed E-state index contributed by atoms with van der Waals surface area (Å²) in [7, 11) is 1.58. The van der Waals surface area contributed by atoms with Crippen LogP contribution in [0.25, 0.3) is 0 Å². The number of benzene rings is 1. The van der Waals surface area contributed by atoms with E-state index in [2.05, 4.69) is 4.98 Å². The van der Waals surface area contributed by atoms with E-state index >= 15 is 0 Å². The van der Waals surface area contributed by atoms with Crippen LogP contribution in [-0.4, -0.2) is 24.5 Å². The summed E-state index contributed by atoms with van der Waals surface area (Å²) in [4.78, 5) is 18.3. The Bertz CT molecular complexity index is 631. The molecule has 0 unspecified atom stereocenters. The molecule has 0 bridgehead atoms. The lowest BCUT2D eigenvalue weighted by atomic mass is 10.1. The van der Waals surface area contributed by atoms with E-state index in [1.165, 1.54) is 0 Å². The van der Waals surface area contributed by atoms with Gasteiger partial charge in [0.15, 0.2) is 0 Å². The number of pyridine rings is 1. The van der Waals surface area contributed by atoms with Gasteiger partial charge in [0.05, 0.1) is 13.5 Å². The van der Waals surface area contributed by atoms with E-state index < -0.39 is 0 Å². The van der Waals surface area contributed by atoms with E-state index in [1.54, 1.807) is 42.6 Å². The quantitative estimate of drug-likeness (QED) is 0.851. The van der Waals surface area contributed by atoms with E-state index in [0.717, 1.165) is 11.3 Å². The van der Waals surface area contributed by atoms with Crippen LogP contribution in [0, 0.1) is 0 Å². The second kappa shape index (κ2) is 7.09. The van der Waals surface area contributed by atoms with E-state index in [1.807, 2.05) is 19.1 Å². The molecule has 4 nitrogen and oxygen atoms in total. The highest BCUT2D eigenvalue weighted by Crippen LogP contribution is 2.22. The second-order valence-corrected chi connectivity index (χ2v) is 4.92. The number of methoxy groups -OCH3 is 1. The molecule has 0 aliphatic carbocycles. The smallest absolute Gasteiger partial charge is 0.231 e. The molecule has 0 N–H and O–H groups in total. The number of hydrogen-bond donors (Lipinski definition) is 0. The molecule has 110 valence electrons. The number of ether oxygens (including phenoxy) is 1. The highest BCUT2D eigenvalue weighted by Gasteiger charge is 2.16. The van der Waals surface area contributed by atoms with Gasteiger partial charge >= 0.3 is 0 Å². The zero-order valence-electron chi connectivity index (χ0n) is 12.0. The Hall–Kier alpha value is -2.07. The molecule has 0 saturated carbocycles. The Morgan fingerprint density at radius 3 is 2.86 bits per heavy atom. The first-order chi connectivity index (χ1) is 10.2. The molecule has 0 aliphatic rings. The van der Waals surface area contributed by atoms with Crippen LogP contribution in [0.4, 0.5) is 5.69 Å². The Morgan fingerprint density at radius 1 is 1.38 bits per heavy atom. The first-order valence-electron chi connectivity index (χ1n) is 6.68. The van der Waals surface area contributed by atoms with Crippen molar-refractivity contribution < 1.29 is 9.53 Å². The standard InChI is InChI=1S/C16H17ClN2O2/c1-3-19(14-6-4-5-13(17)10-14)16(20)9-12-11-18-8-7-15(12)21-2/h4-8,10-11H,3,9H2,1-2H3. The van der Waals surface area contributed by atoms with Crippen LogP contribution < -0.4 is 9.64 Å². The van der Waals surface area contributed by atoms with Gasteiger partial charge in [-0.05, 0) is 31.2 Å². The monoisotopic (exact) mass is 304 g/mol. The summed E-state index contributed by atoms with van der Waals surface area (Å²) >= 11 is 5.99. The summed E-state index contributed by atoms with van der Waals surface area (Å²) in [6.45, 7) is 2.50. The van der Waals surface area contributed by atoms with Crippen LogP contribution >= 0.6 is 11.6 Å². The Morgan fingerprint density at radius 2 is 2.19 bits per heavy atom. The Balaban J connectivity index is 2.21. The van der Waals surface area contributed by atoms with Gasteiger partial charge in [-0.25, -0.2) is 0 Å². The van der Waals surface area contributed by atoms with Crippen LogP contribution in [-0.2, 0) is 11.2 Å². The van der Waals surface area contributed by atoms with Gasteiger partial charge in [-0.3, -0.25) is 9.78 Å². The summed E-state index contributed by atoms with van der Waals surface area (Å²) in [6, 6.07) is 9.02. The van der Waals surface area contributed by atoms with Gasteiger partial charge in [0.2, 0.25) is 5.91 Å². The van der Waals surface area contributed by atoms with Crippen molar-refractivity contribution in [3.05, 3.63) is 53.3 Å². The second-order valence-electron chi connectivity index (χ2n) is 4.48. The zero-order valence-corrected chi connectivity index (χ0v) is 12.8. The fraction of sp³-hybridized carbons (Fsp3) is 0.250. The maximum Gasteiger partial charge on any atom is 0.231 e. The molecule has 1 amide bonds. The number of rotatable bonds is 5. The lowest BCUT2D eigenvalue weighted by Crippen LogP contribution is -2.32. The SMILES string of the molecule is CCN(C(=O)Cc1cnccc1OC)c1cccc(Cl)c1. The molecule has 1 heterocycles. The maximum atomic E-state index is 12.5. The van der Waals surface area contributed by atoms with Gasteiger partial charge < -0.3 is 9.64 Å². The van der Waals surface area contributed by atoms with Gasteiger partial charge in [0, 0.05) is 35.2 Å². The van der Waals surface area contributed by atoms with E-state index in [0.29, 0.717) is 17.3 Å². The zero-order chi connectivity index (χ0) is 15.2. The first kappa shape index (κ1) is 15.3. The maximum absolute atomic E-state index is 12.5. The van der Waals surface area contributed by atoms with E-state index in [4.69, 9.17) is 16.3 Å². The van der Waals surface area contributed by atoms with Crippen molar-refractivity contribution in [3.8, 4) is 5.75 Å². The van der Waals surface area contributed by atoms with Crippen molar-refractivity contribution >= 4 is 23.2 Å². The summed E-state index contributed by atoms with van der Waals surface area (Å²) in [5.41, 5.74) is 1.56. The summed E-state index contributed by atoms with van der Waals surface area (Å²) < 4.78 is 5.25. The molecule has 0 atom stereocenters. The molecule has 21 heavy (non-hydrogen) atoms. The Labute approximate surface area is 129 Å². The van der Waals surface area contributed by atoms with Gasteiger partial charge in [-0.2, -0.15) is 0 Å². The first-order valence-corrected chi connectivity index (χ1v) is 7.06. The van der Waals surface area contributed by atoms with Crippen molar-refractivity contribution in [2.45, 2.75) is 13.3 Å². The lowest BCUT2D eigenvalue weighted by molar-refractivity contribution is -0.118. The number of likely N-dealkylation sites (N-methyl/N-ethyl adjacent to an activating group) is 1. The van der Waals surface area contributed by atoms with Crippen LogP contribution in [0.2, 0.25) is 5.02 Å². The third-order valence-corrected chi connectivity index (χ3v) is 3.39. The molecule has 0 radical (unpaired) electrons. The van der Waals surface area contributed by atoms with Gasteiger partial charge in [0.25, 0.3) is 0 Å². The van der Waals surface area contributed by atoms with Crippen LogP contribution in [0.15, 0.2) is 42.7 Å². The summed E-state index contributed by atoms with van der Waals surface area (Å²) in [5, 5.41) is 0.609. The van der Waals surface area contributed by atoms with Gasteiger partial charge in [-0.1, -0.05) is 17.7 Å². The molecular formula is C16H17ClN2O2. The molecule has 0 fully saturated rings. The van der Waals surface area contributed by atoms with E-state index in [-0.39, 0.29) is 12.3 Å². The summed E-state index contributed by atoms with van der Waals surface area (Å²) in [6.07, 6.45) is 3.53. The number of nitrogens with zero attached hydrogens (tertiary/aromatic N) is 2. The van der Waals surface area contributed by atoms with Crippen molar-refractivity contribution in [2.24, 2.45) is 0 Å². The predicted octanol–water partition coefficient (Wildman–Crippen LogP) is 3.34. The van der Waals surface area contributed by atoms with Crippen molar-refractivity contribution in [1.29, 1.82) is 0 Å². The average molecular weight is 305 g/mol. The molecule has 2 rings (SSSR count). The minimum absolute atomic E-state index is 0.0222. The van der Waals surface area contributed by atoms with E-state index in [9.17, 15) is 4.79 Å².